The molecule has 12 nitrogen and oxygen atoms in total. The van der Waals surface area contributed by atoms with Crippen LogP contribution in [0, 0.1) is 5.41 Å². The van der Waals surface area contributed by atoms with Gasteiger partial charge in [0, 0.05) is 35.7 Å². The minimum absolute atomic E-state index is 0.0690. The molecule has 194 valence electrons. The van der Waals surface area contributed by atoms with E-state index in [1.807, 2.05) is 0 Å². The van der Waals surface area contributed by atoms with E-state index in [2.05, 4.69) is 10.6 Å². The molecule has 0 aliphatic rings. The largest absolute Gasteiger partial charge is 0.490 e. The van der Waals surface area contributed by atoms with Crippen molar-refractivity contribution in [3.63, 3.8) is 0 Å². The number of carboxylic acids is 2. The van der Waals surface area contributed by atoms with E-state index in [0.717, 1.165) is 0 Å². The zero-order valence-electron chi connectivity index (χ0n) is 20.0. The van der Waals surface area contributed by atoms with Crippen LogP contribution in [0.1, 0.15) is 50.3 Å². The molecule has 1 atom stereocenters. The van der Waals surface area contributed by atoms with Crippen LogP contribution in [-0.4, -0.2) is 52.3 Å². The van der Waals surface area contributed by atoms with Crippen molar-refractivity contribution in [3.05, 3.63) is 47.5 Å². The number of hydrogen-bond acceptors (Lipinski definition) is 8. The molecule has 0 aliphatic carbocycles. The number of rotatable bonds is 14. The molecule has 0 bridgehead atoms. The van der Waals surface area contributed by atoms with Crippen LogP contribution in [0.25, 0.3) is 0 Å². The number of carboxylic acid groups (broad SMARTS) is 2. The number of hydrogen-bond donors (Lipinski definition) is 7. The van der Waals surface area contributed by atoms with Crippen LogP contribution < -0.4 is 25.6 Å². The van der Waals surface area contributed by atoms with Crippen LogP contribution in [0.15, 0.2) is 36.4 Å². The second-order valence-electron chi connectivity index (χ2n) is 7.53. The van der Waals surface area contributed by atoms with Crippen molar-refractivity contribution in [1.29, 1.82) is 5.41 Å². The van der Waals surface area contributed by atoms with E-state index in [1.165, 1.54) is 24.3 Å². The van der Waals surface area contributed by atoms with Crippen LogP contribution in [-0.2, 0) is 14.4 Å². The van der Waals surface area contributed by atoms with Gasteiger partial charge in [-0.2, -0.15) is 0 Å². The molecule has 0 saturated carbocycles. The molecule has 0 aromatic heterocycles. The summed E-state index contributed by atoms with van der Waals surface area (Å²) in [6.45, 7) is 4.12. The molecular weight excluding hydrogens is 472 g/mol. The molecule has 0 radical (unpaired) electrons. The first kappa shape index (κ1) is 27.9. The maximum atomic E-state index is 12.5. The maximum absolute atomic E-state index is 12.5. The fraction of sp³-hybridized carbons (Fsp3) is 0.333. The highest BCUT2D eigenvalue weighted by atomic mass is 16.5. The third kappa shape index (κ3) is 7.87. The fourth-order valence-corrected chi connectivity index (χ4v) is 3.31. The van der Waals surface area contributed by atoms with Gasteiger partial charge in [-0.15, -0.1) is 0 Å². The predicted molar refractivity (Wildman–Crippen MR) is 131 cm³/mol. The molecule has 2 aromatic carbocycles. The van der Waals surface area contributed by atoms with Gasteiger partial charge in [-0.25, -0.2) is 4.79 Å². The molecule has 36 heavy (non-hydrogen) atoms. The minimum atomic E-state index is -1.32. The first-order valence-corrected chi connectivity index (χ1v) is 11.2. The Morgan fingerprint density at radius 1 is 0.972 bits per heavy atom. The van der Waals surface area contributed by atoms with E-state index in [4.69, 9.17) is 25.2 Å². The summed E-state index contributed by atoms with van der Waals surface area (Å²) in [5.74, 6) is -2.35. The van der Waals surface area contributed by atoms with E-state index in [0.29, 0.717) is 29.4 Å². The van der Waals surface area contributed by atoms with Gasteiger partial charge in [0.15, 0.2) is 17.5 Å². The average molecular weight is 503 g/mol. The number of aliphatic carboxylic acids is 2. The Labute approximate surface area is 207 Å². The van der Waals surface area contributed by atoms with Gasteiger partial charge in [0.05, 0.1) is 18.9 Å². The number of nitrogens with one attached hydrogen (secondary N) is 4. The van der Waals surface area contributed by atoms with Gasteiger partial charge in [0.2, 0.25) is 5.91 Å². The Morgan fingerprint density at radius 3 is 2.11 bits per heavy atom. The normalized spacial score (nSPS) is 11.2. The van der Waals surface area contributed by atoms with Crippen molar-refractivity contribution in [1.82, 2.24) is 5.48 Å². The maximum Gasteiger partial charge on any atom is 0.330 e. The Morgan fingerprint density at radius 2 is 1.58 bits per heavy atom. The summed E-state index contributed by atoms with van der Waals surface area (Å²) in [5, 5.41) is 40.9. The van der Waals surface area contributed by atoms with Crippen molar-refractivity contribution in [2.24, 2.45) is 0 Å². The molecule has 0 fully saturated rings. The summed E-state index contributed by atoms with van der Waals surface area (Å²) in [6.07, 6.45) is -0.122. The molecule has 1 unspecified atom stereocenters. The fourth-order valence-electron chi connectivity index (χ4n) is 3.31. The lowest BCUT2D eigenvalue weighted by molar-refractivity contribution is -0.138. The quantitative estimate of drug-likeness (QED) is 0.115. The lowest BCUT2D eigenvalue weighted by Gasteiger charge is -2.22. The highest BCUT2D eigenvalue weighted by Gasteiger charge is 2.26. The van der Waals surface area contributed by atoms with Gasteiger partial charge < -0.3 is 30.3 Å². The first-order chi connectivity index (χ1) is 17.2. The van der Waals surface area contributed by atoms with Crippen molar-refractivity contribution in [2.45, 2.75) is 39.2 Å². The number of carbonyl (C=O) groups excluding carboxylic acids is 1. The predicted octanol–water partition coefficient (Wildman–Crippen LogP) is 3.22. The monoisotopic (exact) mass is 502 g/mol. The second kappa shape index (κ2) is 13.5. The van der Waals surface area contributed by atoms with Crippen LogP contribution in [0.2, 0.25) is 0 Å². The Hall–Kier alpha value is -4.32. The lowest BCUT2D eigenvalue weighted by Crippen LogP contribution is -2.24. The molecule has 0 aliphatic heterocycles. The van der Waals surface area contributed by atoms with Crippen LogP contribution in [0.3, 0.4) is 0 Å². The number of anilines is 2. The lowest BCUT2D eigenvalue weighted by atomic mass is 10.0. The molecule has 1 amide bonds. The van der Waals surface area contributed by atoms with Gasteiger partial charge in [-0.05, 0) is 50.6 Å². The van der Waals surface area contributed by atoms with Gasteiger partial charge >= 0.3 is 11.9 Å². The van der Waals surface area contributed by atoms with Crippen molar-refractivity contribution in [2.75, 3.05) is 23.8 Å². The third-order valence-corrected chi connectivity index (χ3v) is 4.94. The van der Waals surface area contributed by atoms with Crippen molar-refractivity contribution < 1.29 is 39.3 Å². The summed E-state index contributed by atoms with van der Waals surface area (Å²) >= 11 is 0. The molecule has 2 aromatic rings. The van der Waals surface area contributed by atoms with Crippen LogP contribution in [0.4, 0.5) is 11.4 Å². The zero-order chi connectivity index (χ0) is 26.7. The summed E-state index contributed by atoms with van der Waals surface area (Å²) in [7, 11) is 0. The topological polar surface area (TPSA) is 190 Å². The average Bonchev–Trinajstić information content (AvgIpc) is 2.84. The zero-order valence-corrected chi connectivity index (χ0v) is 20.0. The highest BCUT2D eigenvalue weighted by Crippen LogP contribution is 2.38. The number of ether oxygens (including phenoxy) is 2. The van der Waals surface area contributed by atoms with E-state index >= 15 is 0 Å². The van der Waals surface area contributed by atoms with E-state index in [9.17, 15) is 19.5 Å². The third-order valence-electron chi connectivity index (χ3n) is 4.94. The van der Waals surface area contributed by atoms with Crippen molar-refractivity contribution in [3.8, 4) is 11.5 Å². The Kier molecular flexibility index (Phi) is 10.5. The smallest absolute Gasteiger partial charge is 0.330 e. The first-order valence-electron chi connectivity index (χ1n) is 11.2. The van der Waals surface area contributed by atoms with Crippen LogP contribution >= 0.6 is 0 Å². The summed E-state index contributed by atoms with van der Waals surface area (Å²) in [4.78, 5) is 35.6. The number of amidine groups is 1. The molecular formula is C24H30N4O8. The molecule has 0 saturated heterocycles. The van der Waals surface area contributed by atoms with Crippen LogP contribution in [0.5, 0.6) is 11.5 Å². The molecule has 12 heteroatoms. The van der Waals surface area contributed by atoms with E-state index in [-0.39, 0.29) is 43.0 Å². The van der Waals surface area contributed by atoms with Crippen molar-refractivity contribution >= 4 is 35.1 Å². The Balaban J connectivity index is 2.46. The minimum Gasteiger partial charge on any atom is -0.490 e. The highest BCUT2D eigenvalue weighted by molar-refractivity contribution is 5.96. The number of amides is 1. The Bertz CT molecular complexity index is 1090. The van der Waals surface area contributed by atoms with Gasteiger partial charge in [-0.3, -0.25) is 25.7 Å². The summed E-state index contributed by atoms with van der Waals surface area (Å²) < 4.78 is 11.3. The second-order valence-corrected chi connectivity index (χ2v) is 7.53. The number of benzene rings is 2. The molecule has 0 heterocycles. The summed E-state index contributed by atoms with van der Waals surface area (Å²) in [5.41, 5.74) is 2.88. The van der Waals surface area contributed by atoms with Gasteiger partial charge in [-0.1, -0.05) is 0 Å². The summed E-state index contributed by atoms with van der Waals surface area (Å²) in [6, 6.07) is 7.75. The molecule has 0 spiro atoms. The molecule has 2 rings (SSSR count). The van der Waals surface area contributed by atoms with Gasteiger partial charge in [0.1, 0.15) is 5.84 Å². The van der Waals surface area contributed by atoms with Gasteiger partial charge in [0.25, 0.3) is 0 Å². The van der Waals surface area contributed by atoms with E-state index < -0.39 is 23.9 Å². The molecule has 7 N–H and O–H groups in total. The number of hydroxylamine groups is 1. The number of carbonyl (C=O) groups is 3. The SMILES string of the molecule is CCOc1cc(NC(=O)CCCC(=O)O)c(C(Nc2ccc(C(=N)NO)cc2)C(=O)O)cc1OCC. The van der Waals surface area contributed by atoms with E-state index in [1.54, 1.807) is 31.5 Å². The standard InChI is InChI=1S/C24H30N4O8/c1-3-35-18-12-16(17(13-19(18)36-4-2)27-20(29)6-5-7-21(30)31)22(24(32)33)26-15-10-8-14(9-11-15)23(25)28-34/h8-13,22,26,34H,3-7H2,1-2H3,(H2,25,28)(H,27,29)(H,30,31)(H,32,33).